The number of fused-ring (bicyclic) bond motifs is 1. The average molecular weight is 330 g/mol. The van der Waals surface area contributed by atoms with Gasteiger partial charge in [-0.3, -0.25) is 14.5 Å². The zero-order chi connectivity index (χ0) is 17.3. The molecule has 0 bridgehead atoms. The molecule has 0 aliphatic carbocycles. The fourth-order valence-corrected chi connectivity index (χ4v) is 4.01. The maximum Gasteiger partial charge on any atom is 0.246 e. The molecule has 0 spiro atoms. The summed E-state index contributed by atoms with van der Waals surface area (Å²) in [4.78, 5) is 28.7. The molecule has 1 saturated heterocycles. The van der Waals surface area contributed by atoms with Crippen molar-refractivity contribution in [1.29, 1.82) is 0 Å². The number of aliphatic hydroxyl groups excluding tert-OH is 1. The topological polar surface area (TPSA) is 60.9 Å². The first-order valence-corrected chi connectivity index (χ1v) is 8.79. The van der Waals surface area contributed by atoms with Crippen molar-refractivity contribution < 1.29 is 14.7 Å². The van der Waals surface area contributed by atoms with Crippen LogP contribution in [-0.4, -0.2) is 47.6 Å². The van der Waals surface area contributed by atoms with Crippen LogP contribution in [-0.2, 0) is 16.0 Å². The van der Waals surface area contributed by atoms with E-state index in [0.29, 0.717) is 19.5 Å². The lowest BCUT2D eigenvalue weighted by Crippen LogP contribution is -2.52. The van der Waals surface area contributed by atoms with E-state index in [9.17, 15) is 14.7 Å². The van der Waals surface area contributed by atoms with Crippen molar-refractivity contribution in [2.24, 2.45) is 5.41 Å². The molecule has 2 amide bonds. The summed E-state index contributed by atoms with van der Waals surface area (Å²) in [7, 11) is 0. The number of anilines is 1. The molecule has 3 rings (SSSR count). The number of hydrogen-bond acceptors (Lipinski definition) is 3. The number of likely N-dealkylation sites (tertiary alicyclic amines) is 1. The SMILES string of the molecule is CCC1(CO)CCN(C(=O)[C@@H]2Cc3ccccc3N2C(C)=O)CC1. The number of rotatable bonds is 3. The van der Waals surface area contributed by atoms with Gasteiger partial charge in [0.05, 0.1) is 0 Å². The summed E-state index contributed by atoms with van der Waals surface area (Å²) in [6.45, 7) is 5.11. The van der Waals surface area contributed by atoms with E-state index in [1.54, 1.807) is 4.90 Å². The highest BCUT2D eigenvalue weighted by Gasteiger charge is 2.41. The van der Waals surface area contributed by atoms with Gasteiger partial charge in [0.15, 0.2) is 0 Å². The van der Waals surface area contributed by atoms with Crippen LogP contribution >= 0.6 is 0 Å². The molecular weight excluding hydrogens is 304 g/mol. The predicted molar refractivity (Wildman–Crippen MR) is 92.7 cm³/mol. The molecule has 1 N–H and O–H groups in total. The number of aliphatic hydroxyl groups is 1. The van der Waals surface area contributed by atoms with Gasteiger partial charge in [-0.05, 0) is 36.3 Å². The Morgan fingerprint density at radius 2 is 1.92 bits per heavy atom. The second-order valence-corrected chi connectivity index (χ2v) is 7.07. The zero-order valence-corrected chi connectivity index (χ0v) is 14.5. The molecule has 0 unspecified atom stereocenters. The molecule has 2 aliphatic rings. The Labute approximate surface area is 143 Å². The third-order valence-electron chi connectivity index (χ3n) is 5.82. The molecule has 2 aliphatic heterocycles. The van der Waals surface area contributed by atoms with Crippen molar-refractivity contribution in [3.05, 3.63) is 29.8 Å². The lowest BCUT2D eigenvalue weighted by molar-refractivity contribution is -0.136. The minimum atomic E-state index is -0.428. The number of piperidine rings is 1. The standard InChI is InChI=1S/C19H26N2O3/c1-3-19(13-22)8-10-20(11-9-19)18(24)17-12-15-6-4-5-7-16(15)21(17)14(2)23/h4-7,17,22H,3,8-13H2,1-2H3/t17-/m0/s1. The first-order chi connectivity index (χ1) is 11.5. The summed E-state index contributed by atoms with van der Waals surface area (Å²) in [5.41, 5.74) is 1.87. The minimum Gasteiger partial charge on any atom is -0.396 e. The van der Waals surface area contributed by atoms with E-state index < -0.39 is 6.04 Å². The highest BCUT2D eigenvalue weighted by atomic mass is 16.3. The molecule has 0 radical (unpaired) electrons. The van der Waals surface area contributed by atoms with Crippen LogP contribution in [0.1, 0.15) is 38.7 Å². The van der Waals surface area contributed by atoms with Crippen molar-refractivity contribution >= 4 is 17.5 Å². The van der Waals surface area contributed by atoms with E-state index in [0.717, 1.165) is 30.5 Å². The number of carbonyl (C=O) groups is 2. The maximum atomic E-state index is 13.0. The summed E-state index contributed by atoms with van der Waals surface area (Å²) >= 11 is 0. The number of carbonyl (C=O) groups excluding carboxylic acids is 2. The summed E-state index contributed by atoms with van der Waals surface area (Å²) in [6, 6.07) is 7.32. The van der Waals surface area contributed by atoms with Gasteiger partial charge in [0.25, 0.3) is 0 Å². The van der Waals surface area contributed by atoms with Gasteiger partial charge in [-0.1, -0.05) is 25.1 Å². The highest BCUT2D eigenvalue weighted by Crippen LogP contribution is 2.37. The summed E-state index contributed by atoms with van der Waals surface area (Å²) < 4.78 is 0. The Kier molecular flexibility index (Phi) is 4.63. The van der Waals surface area contributed by atoms with E-state index in [1.807, 2.05) is 29.2 Å². The summed E-state index contributed by atoms with van der Waals surface area (Å²) in [5, 5.41) is 9.65. The van der Waals surface area contributed by atoms with Gasteiger partial charge in [-0.25, -0.2) is 0 Å². The second-order valence-electron chi connectivity index (χ2n) is 7.07. The lowest BCUT2D eigenvalue weighted by Gasteiger charge is -2.41. The van der Waals surface area contributed by atoms with E-state index in [4.69, 9.17) is 0 Å². The van der Waals surface area contributed by atoms with Crippen molar-refractivity contribution in [3.63, 3.8) is 0 Å². The van der Waals surface area contributed by atoms with Crippen LogP contribution in [0.25, 0.3) is 0 Å². The third-order valence-corrected chi connectivity index (χ3v) is 5.82. The van der Waals surface area contributed by atoms with E-state index in [1.165, 1.54) is 6.92 Å². The van der Waals surface area contributed by atoms with Gasteiger partial charge in [-0.15, -0.1) is 0 Å². The van der Waals surface area contributed by atoms with Crippen molar-refractivity contribution in [2.75, 3.05) is 24.6 Å². The first-order valence-electron chi connectivity index (χ1n) is 8.79. The molecular formula is C19H26N2O3. The summed E-state index contributed by atoms with van der Waals surface area (Å²) in [5.74, 6) is -0.0578. The molecule has 0 aromatic heterocycles. The van der Waals surface area contributed by atoms with Gasteiger partial charge < -0.3 is 10.0 Å². The van der Waals surface area contributed by atoms with E-state index in [-0.39, 0.29) is 23.8 Å². The molecule has 5 nitrogen and oxygen atoms in total. The van der Waals surface area contributed by atoms with Gasteiger partial charge in [-0.2, -0.15) is 0 Å². The number of hydrogen-bond donors (Lipinski definition) is 1. The Bertz CT molecular complexity index is 629. The number of amides is 2. The van der Waals surface area contributed by atoms with Crippen LogP contribution in [0.5, 0.6) is 0 Å². The third kappa shape index (κ3) is 2.81. The van der Waals surface area contributed by atoms with Crippen molar-refractivity contribution in [3.8, 4) is 0 Å². The second kappa shape index (κ2) is 6.55. The quantitative estimate of drug-likeness (QED) is 0.922. The molecule has 1 fully saturated rings. The fourth-order valence-electron chi connectivity index (χ4n) is 4.01. The monoisotopic (exact) mass is 330 g/mol. The van der Waals surface area contributed by atoms with E-state index >= 15 is 0 Å². The number of nitrogens with zero attached hydrogens (tertiary/aromatic N) is 2. The predicted octanol–water partition coefficient (Wildman–Crippen LogP) is 1.98. The molecule has 0 saturated carbocycles. The molecule has 130 valence electrons. The Hall–Kier alpha value is -1.88. The van der Waals surface area contributed by atoms with Crippen LogP contribution in [0.2, 0.25) is 0 Å². The number of benzene rings is 1. The Morgan fingerprint density at radius 1 is 1.25 bits per heavy atom. The molecule has 1 atom stereocenters. The van der Waals surface area contributed by atoms with Crippen LogP contribution in [0.3, 0.4) is 0 Å². The van der Waals surface area contributed by atoms with Crippen LogP contribution < -0.4 is 4.90 Å². The normalized spacial score (nSPS) is 22.4. The zero-order valence-electron chi connectivity index (χ0n) is 14.5. The van der Waals surface area contributed by atoms with Gasteiger partial charge in [0.2, 0.25) is 11.8 Å². The number of para-hydroxylation sites is 1. The van der Waals surface area contributed by atoms with Crippen molar-refractivity contribution in [1.82, 2.24) is 4.90 Å². The van der Waals surface area contributed by atoms with Crippen LogP contribution in [0.4, 0.5) is 5.69 Å². The molecule has 1 aromatic rings. The van der Waals surface area contributed by atoms with Crippen LogP contribution in [0.15, 0.2) is 24.3 Å². The molecule has 24 heavy (non-hydrogen) atoms. The largest absolute Gasteiger partial charge is 0.396 e. The Morgan fingerprint density at radius 3 is 2.50 bits per heavy atom. The van der Waals surface area contributed by atoms with Crippen molar-refractivity contribution in [2.45, 2.75) is 45.6 Å². The van der Waals surface area contributed by atoms with Gasteiger partial charge in [0.1, 0.15) is 6.04 Å². The lowest BCUT2D eigenvalue weighted by atomic mass is 9.77. The summed E-state index contributed by atoms with van der Waals surface area (Å²) in [6.07, 6.45) is 3.17. The Balaban J connectivity index is 1.75. The molecule has 1 aromatic carbocycles. The smallest absolute Gasteiger partial charge is 0.246 e. The minimum absolute atomic E-state index is 0.0315. The average Bonchev–Trinajstić information content (AvgIpc) is 3.01. The van der Waals surface area contributed by atoms with E-state index in [2.05, 4.69) is 6.92 Å². The molecule has 5 heteroatoms. The van der Waals surface area contributed by atoms with Gasteiger partial charge >= 0.3 is 0 Å². The van der Waals surface area contributed by atoms with Crippen LogP contribution in [0, 0.1) is 5.41 Å². The first kappa shape index (κ1) is 17.0. The highest BCUT2D eigenvalue weighted by molar-refractivity contribution is 6.02. The maximum absolute atomic E-state index is 13.0. The fraction of sp³-hybridized carbons (Fsp3) is 0.579. The molecule has 2 heterocycles. The van der Waals surface area contributed by atoms with Gasteiger partial charge in [0, 0.05) is 38.7 Å².